The number of rotatable bonds is 5. The number of carbonyl (C=O) groups is 3. The lowest BCUT2D eigenvalue weighted by atomic mass is 10.2. The molecule has 27 heavy (non-hydrogen) atoms. The molecule has 0 radical (unpaired) electrons. The van der Waals surface area contributed by atoms with Crippen LogP contribution >= 0.6 is 0 Å². The number of para-hydroxylation sites is 1. The molecular formula is C20H19N3O4. The van der Waals surface area contributed by atoms with Crippen molar-refractivity contribution >= 4 is 34.8 Å². The van der Waals surface area contributed by atoms with Crippen LogP contribution in [-0.4, -0.2) is 30.9 Å². The van der Waals surface area contributed by atoms with Gasteiger partial charge in [-0.15, -0.1) is 0 Å². The lowest BCUT2D eigenvalue weighted by molar-refractivity contribution is -0.123. The minimum Gasteiger partial charge on any atom is -0.482 e. The van der Waals surface area contributed by atoms with E-state index < -0.39 is 0 Å². The number of amides is 3. The summed E-state index contributed by atoms with van der Waals surface area (Å²) in [6.07, 6.45) is 1.81. The van der Waals surface area contributed by atoms with Crippen molar-refractivity contribution in [2.75, 3.05) is 28.7 Å². The van der Waals surface area contributed by atoms with Crippen LogP contribution in [0.15, 0.2) is 48.5 Å². The minimum absolute atomic E-state index is 0.0219. The summed E-state index contributed by atoms with van der Waals surface area (Å²) < 4.78 is 5.45. The second-order valence-corrected chi connectivity index (χ2v) is 6.63. The molecule has 1 aliphatic carbocycles. The van der Waals surface area contributed by atoms with Crippen molar-refractivity contribution < 1.29 is 19.1 Å². The van der Waals surface area contributed by atoms with E-state index in [4.69, 9.17) is 4.74 Å². The number of nitrogens with one attached hydrogen (secondary N) is 2. The summed E-state index contributed by atoms with van der Waals surface area (Å²) in [5.74, 6) is -0.0595. The molecule has 0 saturated heterocycles. The molecule has 1 aliphatic heterocycles. The van der Waals surface area contributed by atoms with Crippen molar-refractivity contribution in [2.24, 2.45) is 5.92 Å². The van der Waals surface area contributed by atoms with E-state index >= 15 is 0 Å². The first-order valence-corrected chi connectivity index (χ1v) is 8.83. The Morgan fingerprint density at radius 1 is 1.04 bits per heavy atom. The van der Waals surface area contributed by atoms with Crippen LogP contribution in [-0.2, 0) is 14.4 Å². The highest BCUT2D eigenvalue weighted by Crippen LogP contribution is 2.36. The molecule has 2 aliphatic rings. The van der Waals surface area contributed by atoms with Crippen molar-refractivity contribution in [1.82, 2.24) is 0 Å². The summed E-state index contributed by atoms with van der Waals surface area (Å²) in [4.78, 5) is 38.1. The SMILES string of the molecule is O=C(CN1C(=O)COc2ccc(NC(=O)C3CC3)cc21)Nc1ccccc1. The Labute approximate surface area is 156 Å². The molecule has 2 aromatic rings. The van der Waals surface area contributed by atoms with Crippen LogP contribution in [0.2, 0.25) is 0 Å². The molecular weight excluding hydrogens is 346 g/mol. The van der Waals surface area contributed by atoms with E-state index in [-0.39, 0.29) is 36.8 Å². The van der Waals surface area contributed by atoms with Crippen LogP contribution in [0.5, 0.6) is 5.75 Å². The van der Waals surface area contributed by atoms with Crippen LogP contribution < -0.4 is 20.3 Å². The highest BCUT2D eigenvalue weighted by molar-refractivity contribution is 6.05. The van der Waals surface area contributed by atoms with Gasteiger partial charge < -0.3 is 15.4 Å². The van der Waals surface area contributed by atoms with Crippen molar-refractivity contribution in [3.8, 4) is 5.75 Å². The largest absolute Gasteiger partial charge is 0.482 e. The summed E-state index contributed by atoms with van der Waals surface area (Å²) in [6.45, 7) is -0.260. The highest BCUT2D eigenvalue weighted by atomic mass is 16.5. The first-order chi connectivity index (χ1) is 13.1. The molecule has 2 N–H and O–H groups in total. The van der Waals surface area contributed by atoms with E-state index in [1.165, 1.54) is 4.90 Å². The van der Waals surface area contributed by atoms with Crippen molar-refractivity contribution in [1.29, 1.82) is 0 Å². The molecule has 0 spiro atoms. The molecule has 138 valence electrons. The molecule has 4 rings (SSSR count). The monoisotopic (exact) mass is 365 g/mol. The lowest BCUT2D eigenvalue weighted by Gasteiger charge is -2.29. The maximum Gasteiger partial charge on any atom is 0.265 e. The first-order valence-electron chi connectivity index (χ1n) is 8.83. The number of nitrogens with zero attached hydrogens (tertiary/aromatic N) is 1. The molecule has 1 heterocycles. The Morgan fingerprint density at radius 2 is 1.81 bits per heavy atom. The Bertz CT molecular complexity index is 893. The molecule has 1 fully saturated rings. The Kier molecular flexibility index (Phi) is 4.50. The molecule has 0 bridgehead atoms. The summed E-state index contributed by atoms with van der Waals surface area (Å²) in [5.41, 5.74) is 1.72. The van der Waals surface area contributed by atoms with Gasteiger partial charge >= 0.3 is 0 Å². The predicted octanol–water partition coefficient (Wildman–Crippen LogP) is 2.40. The third-order valence-electron chi connectivity index (χ3n) is 4.48. The third kappa shape index (κ3) is 3.92. The van der Waals surface area contributed by atoms with E-state index in [0.29, 0.717) is 22.8 Å². The van der Waals surface area contributed by atoms with Gasteiger partial charge in [0.25, 0.3) is 5.91 Å². The van der Waals surface area contributed by atoms with Gasteiger partial charge in [0.05, 0.1) is 5.69 Å². The smallest absolute Gasteiger partial charge is 0.265 e. The van der Waals surface area contributed by atoms with Gasteiger partial charge in [0.1, 0.15) is 12.3 Å². The van der Waals surface area contributed by atoms with Crippen molar-refractivity contribution in [2.45, 2.75) is 12.8 Å². The standard InChI is InChI=1S/C20H19N3O4/c24-18(21-14-4-2-1-3-5-14)11-23-16-10-15(22-20(26)13-6-7-13)8-9-17(16)27-12-19(23)25/h1-5,8-10,13H,6-7,11-12H2,(H,21,24)(H,22,26). The number of benzene rings is 2. The lowest BCUT2D eigenvalue weighted by Crippen LogP contribution is -2.43. The summed E-state index contributed by atoms with van der Waals surface area (Å²) in [5, 5.41) is 5.62. The Hall–Kier alpha value is -3.35. The van der Waals surface area contributed by atoms with Crippen LogP contribution in [0.25, 0.3) is 0 Å². The average molecular weight is 365 g/mol. The van der Waals surface area contributed by atoms with E-state index in [1.807, 2.05) is 18.2 Å². The zero-order chi connectivity index (χ0) is 18.8. The van der Waals surface area contributed by atoms with Crippen LogP contribution in [0.1, 0.15) is 12.8 Å². The molecule has 3 amide bonds. The van der Waals surface area contributed by atoms with Gasteiger partial charge in [0.15, 0.2) is 6.61 Å². The quantitative estimate of drug-likeness (QED) is 0.852. The first kappa shape index (κ1) is 17.1. The van der Waals surface area contributed by atoms with E-state index in [1.54, 1.807) is 30.3 Å². The second-order valence-electron chi connectivity index (χ2n) is 6.63. The van der Waals surface area contributed by atoms with E-state index in [0.717, 1.165) is 12.8 Å². The maximum atomic E-state index is 12.4. The van der Waals surface area contributed by atoms with Gasteiger partial charge in [0, 0.05) is 17.3 Å². The highest BCUT2D eigenvalue weighted by Gasteiger charge is 2.31. The molecule has 0 unspecified atom stereocenters. The number of fused-ring (bicyclic) bond motifs is 1. The van der Waals surface area contributed by atoms with Gasteiger partial charge in [-0.25, -0.2) is 0 Å². The van der Waals surface area contributed by atoms with Gasteiger partial charge in [0.2, 0.25) is 11.8 Å². The fourth-order valence-electron chi connectivity index (χ4n) is 2.91. The third-order valence-corrected chi connectivity index (χ3v) is 4.48. The second kappa shape index (κ2) is 7.11. The predicted molar refractivity (Wildman–Crippen MR) is 101 cm³/mol. The number of anilines is 3. The average Bonchev–Trinajstić information content (AvgIpc) is 3.50. The molecule has 7 heteroatoms. The van der Waals surface area contributed by atoms with E-state index in [9.17, 15) is 14.4 Å². The minimum atomic E-state index is -0.310. The van der Waals surface area contributed by atoms with Gasteiger partial charge in [-0.05, 0) is 43.2 Å². The molecule has 0 atom stereocenters. The van der Waals surface area contributed by atoms with Crippen LogP contribution in [0.4, 0.5) is 17.1 Å². The summed E-state index contributed by atoms with van der Waals surface area (Å²) in [6, 6.07) is 14.1. The zero-order valence-electron chi connectivity index (χ0n) is 14.6. The molecule has 7 nitrogen and oxygen atoms in total. The maximum absolute atomic E-state index is 12.4. The Morgan fingerprint density at radius 3 is 2.56 bits per heavy atom. The fraction of sp³-hybridized carbons (Fsp3) is 0.250. The molecule has 0 aromatic heterocycles. The van der Waals surface area contributed by atoms with Crippen LogP contribution in [0.3, 0.4) is 0 Å². The number of hydrogen-bond acceptors (Lipinski definition) is 4. The van der Waals surface area contributed by atoms with Gasteiger partial charge in [-0.3, -0.25) is 19.3 Å². The fourth-order valence-corrected chi connectivity index (χ4v) is 2.91. The van der Waals surface area contributed by atoms with E-state index in [2.05, 4.69) is 10.6 Å². The van der Waals surface area contributed by atoms with Crippen LogP contribution in [0, 0.1) is 5.92 Å². The summed E-state index contributed by atoms with van der Waals surface area (Å²) >= 11 is 0. The zero-order valence-corrected chi connectivity index (χ0v) is 14.6. The molecule has 1 saturated carbocycles. The summed E-state index contributed by atoms with van der Waals surface area (Å²) in [7, 11) is 0. The Balaban J connectivity index is 1.51. The number of hydrogen-bond donors (Lipinski definition) is 2. The topological polar surface area (TPSA) is 87.7 Å². The molecule has 2 aromatic carbocycles. The normalized spacial score (nSPS) is 15.6. The van der Waals surface area contributed by atoms with Crippen molar-refractivity contribution in [3.05, 3.63) is 48.5 Å². The van der Waals surface area contributed by atoms with Crippen molar-refractivity contribution in [3.63, 3.8) is 0 Å². The van der Waals surface area contributed by atoms with Gasteiger partial charge in [-0.2, -0.15) is 0 Å². The van der Waals surface area contributed by atoms with Gasteiger partial charge in [-0.1, -0.05) is 18.2 Å². The number of ether oxygens (including phenoxy) is 1. The number of carbonyl (C=O) groups excluding carboxylic acids is 3.